The van der Waals surface area contributed by atoms with Crippen molar-refractivity contribution in [3.8, 4) is 0 Å². The van der Waals surface area contributed by atoms with Gasteiger partial charge in [-0.2, -0.15) is 13.2 Å². The average Bonchev–Trinajstić information content (AvgIpc) is 3.08. The molecule has 30 heavy (non-hydrogen) atoms. The van der Waals surface area contributed by atoms with E-state index in [0.717, 1.165) is 22.9 Å². The summed E-state index contributed by atoms with van der Waals surface area (Å²) < 4.78 is 39.2. The van der Waals surface area contributed by atoms with E-state index in [1.807, 2.05) is 17.9 Å². The maximum absolute atomic E-state index is 13.1. The first-order chi connectivity index (χ1) is 14.2. The number of rotatable bonds is 5. The van der Waals surface area contributed by atoms with Gasteiger partial charge in [0.25, 0.3) is 5.91 Å². The Labute approximate surface area is 177 Å². The molecule has 162 valence electrons. The Balaban J connectivity index is 1.53. The van der Waals surface area contributed by atoms with Crippen LogP contribution >= 0.6 is 11.3 Å². The summed E-state index contributed by atoms with van der Waals surface area (Å²) in [5, 5.41) is 2.36. The van der Waals surface area contributed by atoms with E-state index < -0.39 is 17.6 Å². The molecule has 2 heterocycles. The number of nitrogens with zero attached hydrogens (tertiary/aromatic N) is 2. The number of aryl methyl sites for hydroxylation is 2. The van der Waals surface area contributed by atoms with Crippen molar-refractivity contribution in [1.82, 2.24) is 9.80 Å². The van der Waals surface area contributed by atoms with E-state index in [1.54, 1.807) is 4.90 Å². The molecule has 1 fully saturated rings. The van der Waals surface area contributed by atoms with Crippen molar-refractivity contribution in [2.45, 2.75) is 26.4 Å². The van der Waals surface area contributed by atoms with Crippen LogP contribution < -0.4 is 5.32 Å². The number of carbonyl (C=O) groups excluding carboxylic acids is 2. The number of alkyl halides is 3. The van der Waals surface area contributed by atoms with Crippen molar-refractivity contribution in [1.29, 1.82) is 0 Å². The molecular formula is C21H24F3N3O2S. The Morgan fingerprint density at radius 3 is 2.40 bits per heavy atom. The van der Waals surface area contributed by atoms with Crippen molar-refractivity contribution in [2.75, 3.05) is 38.0 Å². The summed E-state index contributed by atoms with van der Waals surface area (Å²) in [7, 11) is 0. The number of carbonyl (C=O) groups is 2. The van der Waals surface area contributed by atoms with E-state index >= 15 is 0 Å². The zero-order valence-electron chi connectivity index (χ0n) is 16.9. The topological polar surface area (TPSA) is 52.7 Å². The second-order valence-corrected chi connectivity index (χ2v) is 8.37. The Bertz CT molecular complexity index is 918. The largest absolute Gasteiger partial charge is 0.418 e. The second kappa shape index (κ2) is 9.18. The fourth-order valence-electron chi connectivity index (χ4n) is 3.47. The average molecular weight is 440 g/mol. The number of hydrogen-bond acceptors (Lipinski definition) is 4. The molecule has 2 aromatic rings. The molecule has 0 spiro atoms. The van der Waals surface area contributed by atoms with Crippen molar-refractivity contribution in [3.05, 3.63) is 51.2 Å². The van der Waals surface area contributed by atoms with E-state index in [2.05, 4.69) is 12.2 Å². The number of nitrogens with one attached hydrogen (secondary N) is 1. The van der Waals surface area contributed by atoms with Gasteiger partial charge in [-0.15, -0.1) is 11.3 Å². The van der Waals surface area contributed by atoms with Crippen LogP contribution in [0.25, 0.3) is 0 Å². The highest BCUT2D eigenvalue weighted by atomic mass is 32.1. The first-order valence-corrected chi connectivity index (χ1v) is 10.6. The summed E-state index contributed by atoms with van der Waals surface area (Å²) in [5.74, 6) is -0.515. The number of halogens is 3. The molecule has 5 nitrogen and oxygen atoms in total. The van der Waals surface area contributed by atoms with Crippen LogP contribution in [0.15, 0.2) is 30.3 Å². The Morgan fingerprint density at radius 2 is 1.80 bits per heavy atom. The third kappa shape index (κ3) is 5.20. The minimum Gasteiger partial charge on any atom is -0.335 e. The van der Waals surface area contributed by atoms with Gasteiger partial charge in [-0.3, -0.25) is 14.5 Å². The molecule has 1 aliphatic heterocycles. The Hall–Kier alpha value is -2.39. The van der Waals surface area contributed by atoms with E-state index in [9.17, 15) is 22.8 Å². The summed E-state index contributed by atoms with van der Waals surface area (Å²) in [6.45, 7) is 5.97. The minimum atomic E-state index is -4.53. The predicted octanol–water partition coefficient (Wildman–Crippen LogP) is 4.03. The van der Waals surface area contributed by atoms with E-state index in [4.69, 9.17) is 0 Å². The van der Waals surface area contributed by atoms with Crippen molar-refractivity contribution in [3.63, 3.8) is 0 Å². The molecule has 1 N–H and O–H groups in total. The Kier molecular flexibility index (Phi) is 6.82. The number of hydrogen-bond donors (Lipinski definition) is 1. The standard InChI is InChI=1S/C21H24F3N3O2S/c1-3-17-14(2)12-18(30-17)20(29)27-10-8-26(9-11-27)13-19(28)25-16-7-5-4-6-15(16)21(22,23)24/h4-7,12H,3,8-11,13H2,1-2H3,(H,25,28). The number of benzene rings is 1. The predicted molar refractivity (Wildman–Crippen MR) is 111 cm³/mol. The van der Waals surface area contributed by atoms with Gasteiger partial charge in [-0.1, -0.05) is 19.1 Å². The van der Waals surface area contributed by atoms with Crippen LogP contribution in [0.2, 0.25) is 0 Å². The molecule has 9 heteroatoms. The van der Waals surface area contributed by atoms with Gasteiger partial charge in [0.1, 0.15) is 0 Å². The van der Waals surface area contributed by atoms with Gasteiger partial charge in [-0.25, -0.2) is 0 Å². The van der Waals surface area contributed by atoms with Crippen LogP contribution in [-0.2, 0) is 17.4 Å². The number of piperazine rings is 1. The molecule has 0 saturated carbocycles. The molecule has 0 unspecified atom stereocenters. The van der Waals surface area contributed by atoms with Crippen molar-refractivity contribution in [2.24, 2.45) is 0 Å². The molecule has 0 aliphatic carbocycles. The highest BCUT2D eigenvalue weighted by molar-refractivity contribution is 7.14. The molecule has 1 saturated heterocycles. The normalized spacial score (nSPS) is 15.3. The van der Waals surface area contributed by atoms with Crippen LogP contribution in [0.4, 0.5) is 18.9 Å². The van der Waals surface area contributed by atoms with E-state index in [1.165, 1.54) is 34.4 Å². The lowest BCUT2D eigenvalue weighted by Crippen LogP contribution is -2.50. The van der Waals surface area contributed by atoms with E-state index in [0.29, 0.717) is 26.2 Å². The highest BCUT2D eigenvalue weighted by Gasteiger charge is 2.33. The number of anilines is 1. The fraction of sp³-hybridized carbons (Fsp3) is 0.429. The zero-order valence-corrected chi connectivity index (χ0v) is 17.7. The van der Waals surface area contributed by atoms with Crippen LogP contribution in [0.5, 0.6) is 0 Å². The monoisotopic (exact) mass is 439 g/mol. The second-order valence-electron chi connectivity index (χ2n) is 7.23. The van der Waals surface area contributed by atoms with Crippen LogP contribution in [0.3, 0.4) is 0 Å². The lowest BCUT2D eigenvalue weighted by Gasteiger charge is -2.34. The summed E-state index contributed by atoms with van der Waals surface area (Å²) in [6, 6.07) is 6.84. The third-order valence-electron chi connectivity index (χ3n) is 5.09. The van der Waals surface area contributed by atoms with Gasteiger partial charge in [0, 0.05) is 31.1 Å². The summed E-state index contributed by atoms with van der Waals surface area (Å²) >= 11 is 1.52. The molecule has 1 aliphatic rings. The van der Waals surface area contributed by atoms with E-state index in [-0.39, 0.29) is 18.1 Å². The SMILES string of the molecule is CCc1sc(C(=O)N2CCN(CC(=O)Nc3ccccc3C(F)(F)F)CC2)cc1C. The molecule has 3 rings (SSSR count). The van der Waals surface area contributed by atoms with Gasteiger partial charge in [0.15, 0.2) is 0 Å². The quantitative estimate of drug-likeness (QED) is 0.765. The van der Waals surface area contributed by atoms with Gasteiger partial charge in [0.2, 0.25) is 5.91 Å². The summed E-state index contributed by atoms with van der Waals surface area (Å²) in [6.07, 6.45) is -3.64. The van der Waals surface area contributed by atoms with Crippen molar-refractivity contribution >= 4 is 28.8 Å². The van der Waals surface area contributed by atoms with Crippen molar-refractivity contribution < 1.29 is 22.8 Å². The molecule has 1 aromatic carbocycles. The van der Waals surface area contributed by atoms with Gasteiger partial charge in [-0.05, 0) is 37.1 Å². The molecule has 1 aromatic heterocycles. The summed E-state index contributed by atoms with van der Waals surface area (Å²) in [4.78, 5) is 30.5. The minimum absolute atomic E-state index is 0.00833. The highest BCUT2D eigenvalue weighted by Crippen LogP contribution is 2.34. The number of thiophene rings is 1. The first-order valence-electron chi connectivity index (χ1n) is 9.76. The number of amides is 2. The molecule has 2 amide bonds. The van der Waals surface area contributed by atoms with Gasteiger partial charge in [0.05, 0.1) is 22.7 Å². The first kappa shape index (κ1) is 22.3. The smallest absolute Gasteiger partial charge is 0.335 e. The number of para-hydroxylation sites is 1. The lowest BCUT2D eigenvalue weighted by atomic mass is 10.1. The van der Waals surface area contributed by atoms with Crippen LogP contribution in [0, 0.1) is 6.92 Å². The molecular weight excluding hydrogens is 415 g/mol. The third-order valence-corrected chi connectivity index (χ3v) is 6.46. The molecule has 0 atom stereocenters. The summed E-state index contributed by atoms with van der Waals surface area (Å²) in [5.41, 5.74) is 0.00959. The lowest BCUT2D eigenvalue weighted by molar-refractivity contribution is -0.137. The maximum Gasteiger partial charge on any atom is 0.418 e. The maximum atomic E-state index is 13.1. The van der Waals surface area contributed by atoms with Crippen LogP contribution in [-0.4, -0.2) is 54.3 Å². The Morgan fingerprint density at radius 1 is 1.13 bits per heavy atom. The fourth-order valence-corrected chi connectivity index (χ4v) is 4.56. The van der Waals surface area contributed by atoms with Gasteiger partial charge < -0.3 is 10.2 Å². The van der Waals surface area contributed by atoms with Gasteiger partial charge >= 0.3 is 6.18 Å². The molecule has 0 bridgehead atoms. The zero-order chi connectivity index (χ0) is 21.9. The van der Waals surface area contributed by atoms with Crippen LogP contribution in [0.1, 0.15) is 32.6 Å². The molecule has 0 radical (unpaired) electrons.